The summed E-state index contributed by atoms with van der Waals surface area (Å²) in [7, 11) is 1.32. The van der Waals surface area contributed by atoms with Crippen LogP contribution in [0.4, 0.5) is 14.5 Å². The van der Waals surface area contributed by atoms with Crippen LogP contribution in [0, 0.1) is 11.6 Å². The van der Waals surface area contributed by atoms with Crippen molar-refractivity contribution in [3.8, 4) is 5.75 Å². The van der Waals surface area contributed by atoms with Crippen molar-refractivity contribution < 1.29 is 18.3 Å². The van der Waals surface area contributed by atoms with E-state index in [1.54, 1.807) is 6.92 Å². The maximum atomic E-state index is 14.3. The summed E-state index contributed by atoms with van der Waals surface area (Å²) in [6.07, 6.45) is 1.35. The van der Waals surface area contributed by atoms with E-state index in [0.717, 1.165) is 12.1 Å². The standard InChI is InChI=1S/C17H17F2N3O3/c1-3-22-17(24)14(4-5-20-22)21-9-10(6-15(21)23)16-12(18)7-11(25-2)8-13(16)19/h4-5,7-8,10H,3,6,9H2,1-2H3. The van der Waals surface area contributed by atoms with Crippen molar-refractivity contribution in [2.24, 2.45) is 0 Å². The number of hydrogen-bond acceptors (Lipinski definition) is 4. The lowest BCUT2D eigenvalue weighted by Gasteiger charge is -2.17. The van der Waals surface area contributed by atoms with Gasteiger partial charge in [-0.05, 0) is 13.0 Å². The fraction of sp³-hybridized carbons (Fsp3) is 0.353. The summed E-state index contributed by atoms with van der Waals surface area (Å²) in [6, 6.07) is 3.61. The number of aromatic nitrogens is 2. The van der Waals surface area contributed by atoms with E-state index in [4.69, 9.17) is 4.74 Å². The molecule has 1 atom stereocenters. The van der Waals surface area contributed by atoms with Crippen molar-refractivity contribution in [3.05, 3.63) is 51.9 Å². The topological polar surface area (TPSA) is 64.4 Å². The zero-order valence-electron chi connectivity index (χ0n) is 13.8. The van der Waals surface area contributed by atoms with Gasteiger partial charge in [-0.15, -0.1) is 0 Å². The molecule has 1 amide bonds. The number of rotatable bonds is 4. The molecule has 1 aromatic carbocycles. The Bertz CT molecular complexity index is 859. The van der Waals surface area contributed by atoms with E-state index in [9.17, 15) is 18.4 Å². The first-order valence-corrected chi connectivity index (χ1v) is 7.85. The maximum absolute atomic E-state index is 14.3. The molecule has 2 heterocycles. The minimum Gasteiger partial charge on any atom is -0.497 e. The third-order valence-corrected chi connectivity index (χ3v) is 4.30. The Morgan fingerprint density at radius 3 is 2.56 bits per heavy atom. The Kier molecular flexibility index (Phi) is 4.52. The van der Waals surface area contributed by atoms with E-state index in [2.05, 4.69) is 5.10 Å². The monoisotopic (exact) mass is 349 g/mol. The van der Waals surface area contributed by atoms with Gasteiger partial charge in [0.2, 0.25) is 5.91 Å². The van der Waals surface area contributed by atoms with Gasteiger partial charge in [0.25, 0.3) is 5.56 Å². The normalized spacial score (nSPS) is 17.2. The van der Waals surface area contributed by atoms with Crippen LogP contribution in [0.1, 0.15) is 24.8 Å². The molecular formula is C17H17F2N3O3. The molecule has 1 aliphatic rings. The van der Waals surface area contributed by atoms with Crippen molar-refractivity contribution in [2.45, 2.75) is 25.8 Å². The number of anilines is 1. The smallest absolute Gasteiger partial charge is 0.290 e. The lowest BCUT2D eigenvalue weighted by atomic mass is 9.97. The number of aryl methyl sites for hydroxylation is 1. The molecule has 1 aliphatic heterocycles. The Labute approximate surface area is 142 Å². The molecular weight excluding hydrogens is 332 g/mol. The second kappa shape index (κ2) is 6.62. The second-order valence-corrected chi connectivity index (χ2v) is 5.75. The highest BCUT2D eigenvalue weighted by atomic mass is 19.1. The SMILES string of the molecule is CCn1nccc(N2CC(c3c(F)cc(OC)cc3F)CC2=O)c1=O. The number of methoxy groups -OCH3 is 1. The first-order valence-electron chi connectivity index (χ1n) is 7.85. The van der Waals surface area contributed by atoms with Gasteiger partial charge in [0.1, 0.15) is 23.1 Å². The average molecular weight is 349 g/mol. The van der Waals surface area contributed by atoms with Crippen LogP contribution in [-0.2, 0) is 11.3 Å². The molecule has 1 fully saturated rings. The fourth-order valence-electron chi connectivity index (χ4n) is 3.07. The predicted molar refractivity (Wildman–Crippen MR) is 86.8 cm³/mol. The van der Waals surface area contributed by atoms with Gasteiger partial charge >= 0.3 is 0 Å². The van der Waals surface area contributed by atoms with E-state index in [1.165, 1.54) is 29.0 Å². The molecule has 8 heteroatoms. The highest BCUT2D eigenvalue weighted by Gasteiger charge is 2.36. The van der Waals surface area contributed by atoms with Crippen LogP contribution in [0.25, 0.3) is 0 Å². The largest absolute Gasteiger partial charge is 0.497 e. The van der Waals surface area contributed by atoms with Gasteiger partial charge in [0, 0.05) is 49.3 Å². The molecule has 1 aromatic heterocycles. The summed E-state index contributed by atoms with van der Waals surface area (Å²) in [5.74, 6) is -2.50. The second-order valence-electron chi connectivity index (χ2n) is 5.75. The lowest BCUT2D eigenvalue weighted by Crippen LogP contribution is -2.34. The zero-order valence-corrected chi connectivity index (χ0v) is 13.8. The van der Waals surface area contributed by atoms with E-state index in [-0.39, 0.29) is 35.9 Å². The number of nitrogens with zero attached hydrogens (tertiary/aromatic N) is 3. The van der Waals surface area contributed by atoms with Gasteiger partial charge in [-0.3, -0.25) is 9.59 Å². The zero-order chi connectivity index (χ0) is 18.1. The van der Waals surface area contributed by atoms with Crippen LogP contribution in [0.2, 0.25) is 0 Å². The van der Waals surface area contributed by atoms with Crippen molar-refractivity contribution >= 4 is 11.6 Å². The number of ether oxygens (including phenoxy) is 1. The number of hydrogen-bond donors (Lipinski definition) is 0. The molecule has 0 aliphatic carbocycles. The highest BCUT2D eigenvalue weighted by Crippen LogP contribution is 2.35. The minimum absolute atomic E-state index is 0.0297. The summed E-state index contributed by atoms with van der Waals surface area (Å²) in [5.41, 5.74) is -0.408. The highest BCUT2D eigenvalue weighted by molar-refractivity contribution is 5.96. The number of halogens is 2. The Hall–Kier alpha value is -2.77. The third kappa shape index (κ3) is 2.99. The first-order chi connectivity index (χ1) is 12.0. The molecule has 6 nitrogen and oxygen atoms in total. The molecule has 0 bridgehead atoms. The van der Waals surface area contributed by atoms with Crippen molar-refractivity contribution in [1.29, 1.82) is 0 Å². The Balaban J connectivity index is 1.95. The quantitative estimate of drug-likeness (QED) is 0.848. The van der Waals surface area contributed by atoms with Gasteiger partial charge in [-0.25, -0.2) is 13.5 Å². The minimum atomic E-state index is -0.766. The molecule has 1 saturated heterocycles. The van der Waals surface area contributed by atoms with Crippen LogP contribution in [0.5, 0.6) is 5.75 Å². The fourth-order valence-corrected chi connectivity index (χ4v) is 3.07. The molecule has 0 radical (unpaired) electrons. The van der Waals surface area contributed by atoms with Crippen molar-refractivity contribution in [3.63, 3.8) is 0 Å². The van der Waals surface area contributed by atoms with Crippen LogP contribution in [0.15, 0.2) is 29.2 Å². The van der Waals surface area contributed by atoms with Gasteiger partial charge in [-0.1, -0.05) is 0 Å². The van der Waals surface area contributed by atoms with Crippen LogP contribution in [0.3, 0.4) is 0 Å². The average Bonchev–Trinajstić information content (AvgIpc) is 2.95. The molecule has 25 heavy (non-hydrogen) atoms. The van der Waals surface area contributed by atoms with Crippen molar-refractivity contribution in [2.75, 3.05) is 18.6 Å². The number of carbonyl (C=O) groups excluding carboxylic acids is 1. The number of carbonyl (C=O) groups is 1. The molecule has 0 spiro atoms. The predicted octanol–water partition coefficient (Wildman–Crippen LogP) is 2.07. The lowest BCUT2D eigenvalue weighted by molar-refractivity contribution is -0.117. The molecule has 132 valence electrons. The van der Waals surface area contributed by atoms with Crippen LogP contribution < -0.4 is 15.2 Å². The summed E-state index contributed by atoms with van der Waals surface area (Å²) in [4.78, 5) is 25.9. The molecule has 1 unspecified atom stereocenters. The molecule has 2 aromatic rings. The summed E-state index contributed by atoms with van der Waals surface area (Å²) < 4.78 is 34.6. The van der Waals surface area contributed by atoms with Crippen LogP contribution in [-0.4, -0.2) is 29.3 Å². The summed E-state index contributed by atoms with van der Waals surface area (Å²) >= 11 is 0. The summed E-state index contributed by atoms with van der Waals surface area (Å²) in [6.45, 7) is 2.15. The van der Waals surface area contributed by atoms with E-state index in [1.807, 2.05) is 0 Å². The van der Waals surface area contributed by atoms with Gasteiger partial charge in [0.15, 0.2) is 0 Å². The van der Waals surface area contributed by atoms with E-state index >= 15 is 0 Å². The Morgan fingerprint density at radius 1 is 1.28 bits per heavy atom. The number of benzene rings is 1. The number of amides is 1. The Morgan fingerprint density at radius 2 is 1.96 bits per heavy atom. The van der Waals surface area contributed by atoms with Gasteiger partial charge in [-0.2, -0.15) is 5.10 Å². The molecule has 0 N–H and O–H groups in total. The van der Waals surface area contributed by atoms with Gasteiger partial charge < -0.3 is 9.64 Å². The summed E-state index contributed by atoms with van der Waals surface area (Å²) in [5, 5.41) is 3.91. The molecule has 0 saturated carbocycles. The maximum Gasteiger partial charge on any atom is 0.290 e. The third-order valence-electron chi connectivity index (χ3n) is 4.30. The van der Waals surface area contributed by atoms with E-state index in [0.29, 0.717) is 6.54 Å². The van der Waals surface area contributed by atoms with Crippen molar-refractivity contribution in [1.82, 2.24) is 9.78 Å². The van der Waals surface area contributed by atoms with E-state index < -0.39 is 23.1 Å². The van der Waals surface area contributed by atoms with Crippen LogP contribution >= 0.6 is 0 Å². The first kappa shape index (κ1) is 17.1. The molecule has 3 rings (SSSR count). The van der Waals surface area contributed by atoms with Gasteiger partial charge in [0.05, 0.1) is 7.11 Å².